The van der Waals surface area contributed by atoms with Gasteiger partial charge in [-0.05, 0) is 32.2 Å². The van der Waals surface area contributed by atoms with E-state index in [2.05, 4.69) is 25.9 Å². The van der Waals surface area contributed by atoms with E-state index in [0.29, 0.717) is 24.1 Å². The minimum Gasteiger partial charge on any atom is -0.351 e. The van der Waals surface area contributed by atoms with Crippen LogP contribution in [0.15, 0.2) is 10.6 Å². The van der Waals surface area contributed by atoms with E-state index in [1.54, 1.807) is 6.07 Å². The number of nitrogens with zero attached hydrogens (tertiary/aromatic N) is 2. The highest BCUT2D eigenvalue weighted by Crippen LogP contribution is 2.25. The van der Waals surface area contributed by atoms with Crippen LogP contribution in [0.1, 0.15) is 55.8 Å². The minimum atomic E-state index is -0.0643. The van der Waals surface area contributed by atoms with Gasteiger partial charge < -0.3 is 15.2 Å². The van der Waals surface area contributed by atoms with Crippen molar-refractivity contribution in [2.45, 2.75) is 45.6 Å². The molecule has 0 aromatic carbocycles. The standard InChI is InChI=1S/C14H23N3O2.ClH/c1-4-9(2)12-6-13(19-16-12)14(18)17-8-11(7-15)5-10(17)3;/h6,9-11H,4-5,7-8,15H2,1-3H3;1H. The molecular weight excluding hydrogens is 278 g/mol. The lowest BCUT2D eigenvalue weighted by Crippen LogP contribution is -2.34. The fraction of sp³-hybridized carbons (Fsp3) is 0.714. The molecule has 0 radical (unpaired) electrons. The zero-order valence-corrected chi connectivity index (χ0v) is 13.2. The highest BCUT2D eigenvalue weighted by atomic mass is 35.5. The number of likely N-dealkylation sites (tertiary alicyclic amines) is 1. The van der Waals surface area contributed by atoms with Crippen LogP contribution >= 0.6 is 12.4 Å². The topological polar surface area (TPSA) is 72.4 Å². The van der Waals surface area contributed by atoms with Crippen LogP contribution in [0.25, 0.3) is 0 Å². The van der Waals surface area contributed by atoms with Crippen molar-refractivity contribution in [3.05, 3.63) is 17.5 Å². The highest BCUT2D eigenvalue weighted by molar-refractivity contribution is 5.91. The van der Waals surface area contributed by atoms with E-state index in [1.165, 1.54) is 0 Å². The number of aromatic nitrogens is 1. The van der Waals surface area contributed by atoms with Crippen LogP contribution in [-0.2, 0) is 0 Å². The van der Waals surface area contributed by atoms with Gasteiger partial charge in [0.25, 0.3) is 5.91 Å². The van der Waals surface area contributed by atoms with E-state index in [0.717, 1.165) is 25.1 Å². The van der Waals surface area contributed by atoms with Crippen molar-refractivity contribution >= 4 is 18.3 Å². The molecule has 1 aromatic rings. The van der Waals surface area contributed by atoms with Gasteiger partial charge in [-0.15, -0.1) is 12.4 Å². The van der Waals surface area contributed by atoms with Crippen molar-refractivity contribution in [1.82, 2.24) is 10.1 Å². The summed E-state index contributed by atoms with van der Waals surface area (Å²) < 4.78 is 5.21. The van der Waals surface area contributed by atoms with Gasteiger partial charge >= 0.3 is 0 Å². The maximum Gasteiger partial charge on any atom is 0.292 e. The summed E-state index contributed by atoms with van der Waals surface area (Å²) in [6.07, 6.45) is 1.95. The molecule has 0 bridgehead atoms. The van der Waals surface area contributed by atoms with Crippen LogP contribution < -0.4 is 5.73 Å². The molecule has 3 unspecified atom stereocenters. The average molecular weight is 302 g/mol. The van der Waals surface area contributed by atoms with Gasteiger partial charge in [-0.1, -0.05) is 19.0 Å². The molecule has 5 nitrogen and oxygen atoms in total. The molecule has 0 saturated carbocycles. The van der Waals surface area contributed by atoms with Gasteiger partial charge in [0.15, 0.2) is 0 Å². The first-order chi connectivity index (χ1) is 9.06. The second-order valence-corrected chi connectivity index (χ2v) is 5.57. The predicted octanol–water partition coefficient (Wildman–Crippen LogP) is 2.42. The second-order valence-electron chi connectivity index (χ2n) is 5.57. The normalized spacial score (nSPS) is 23.5. The SMILES string of the molecule is CCC(C)c1cc(C(=O)N2CC(CN)CC2C)on1.Cl. The van der Waals surface area contributed by atoms with Crippen molar-refractivity contribution in [1.29, 1.82) is 0 Å². The van der Waals surface area contributed by atoms with Crippen LogP contribution in [0.3, 0.4) is 0 Å². The Hall–Kier alpha value is -1.07. The average Bonchev–Trinajstić information content (AvgIpc) is 3.03. The third-order valence-corrected chi connectivity index (χ3v) is 4.11. The van der Waals surface area contributed by atoms with Gasteiger partial charge in [0.2, 0.25) is 5.76 Å². The van der Waals surface area contributed by atoms with Gasteiger partial charge in [0, 0.05) is 24.6 Å². The minimum absolute atomic E-state index is 0. The van der Waals surface area contributed by atoms with E-state index in [1.807, 2.05) is 4.90 Å². The van der Waals surface area contributed by atoms with Crippen LogP contribution in [0.5, 0.6) is 0 Å². The van der Waals surface area contributed by atoms with Gasteiger partial charge in [-0.2, -0.15) is 0 Å². The third-order valence-electron chi connectivity index (χ3n) is 4.11. The van der Waals surface area contributed by atoms with E-state index in [9.17, 15) is 4.79 Å². The number of hydrogen-bond acceptors (Lipinski definition) is 4. The predicted molar refractivity (Wildman–Crippen MR) is 80.1 cm³/mol. The Bertz CT molecular complexity index is 449. The van der Waals surface area contributed by atoms with Crippen molar-refractivity contribution in [3.63, 3.8) is 0 Å². The number of rotatable bonds is 4. The molecule has 20 heavy (non-hydrogen) atoms. The van der Waals surface area contributed by atoms with Gasteiger partial charge in [-0.25, -0.2) is 0 Å². The molecule has 2 heterocycles. The van der Waals surface area contributed by atoms with Crippen LogP contribution in [0.4, 0.5) is 0 Å². The molecular formula is C14H24ClN3O2. The summed E-state index contributed by atoms with van der Waals surface area (Å²) in [6, 6.07) is 2.00. The maximum atomic E-state index is 12.4. The van der Waals surface area contributed by atoms with Crippen molar-refractivity contribution in [2.24, 2.45) is 11.7 Å². The highest BCUT2D eigenvalue weighted by Gasteiger charge is 2.33. The quantitative estimate of drug-likeness (QED) is 0.927. The number of carbonyl (C=O) groups excluding carboxylic acids is 1. The molecule has 0 aliphatic carbocycles. The molecule has 2 rings (SSSR count). The fourth-order valence-electron chi connectivity index (χ4n) is 2.57. The maximum absolute atomic E-state index is 12.4. The Labute approximate surface area is 126 Å². The zero-order valence-electron chi connectivity index (χ0n) is 12.3. The molecule has 0 spiro atoms. The first kappa shape index (κ1) is 17.0. The van der Waals surface area contributed by atoms with E-state index >= 15 is 0 Å². The number of carbonyl (C=O) groups is 1. The monoisotopic (exact) mass is 301 g/mol. The Morgan fingerprint density at radius 3 is 2.90 bits per heavy atom. The molecule has 114 valence electrons. The van der Waals surface area contributed by atoms with Crippen LogP contribution in [0.2, 0.25) is 0 Å². The van der Waals surface area contributed by atoms with Crippen molar-refractivity contribution < 1.29 is 9.32 Å². The summed E-state index contributed by atoms with van der Waals surface area (Å²) >= 11 is 0. The Morgan fingerprint density at radius 1 is 1.65 bits per heavy atom. The summed E-state index contributed by atoms with van der Waals surface area (Å²) in [5, 5.41) is 4.00. The molecule has 1 fully saturated rings. The Morgan fingerprint density at radius 2 is 2.35 bits per heavy atom. The van der Waals surface area contributed by atoms with Gasteiger partial charge in [0.1, 0.15) is 0 Å². The van der Waals surface area contributed by atoms with E-state index in [4.69, 9.17) is 10.3 Å². The molecule has 3 atom stereocenters. The van der Waals surface area contributed by atoms with Gasteiger partial charge in [-0.3, -0.25) is 4.79 Å². The van der Waals surface area contributed by atoms with Crippen LogP contribution in [-0.4, -0.2) is 35.1 Å². The smallest absolute Gasteiger partial charge is 0.292 e. The second kappa shape index (κ2) is 7.09. The number of halogens is 1. The number of amides is 1. The molecule has 1 aliphatic rings. The van der Waals surface area contributed by atoms with Crippen molar-refractivity contribution in [2.75, 3.05) is 13.1 Å². The summed E-state index contributed by atoms with van der Waals surface area (Å²) in [7, 11) is 0. The summed E-state index contributed by atoms with van der Waals surface area (Å²) in [6.45, 7) is 7.57. The Balaban J connectivity index is 0.00000200. The third kappa shape index (κ3) is 3.33. The summed E-state index contributed by atoms with van der Waals surface area (Å²) in [5.74, 6) is 0.999. The lowest BCUT2D eigenvalue weighted by Gasteiger charge is -2.19. The molecule has 1 amide bonds. The lowest BCUT2D eigenvalue weighted by molar-refractivity contribution is 0.0701. The molecule has 1 aromatic heterocycles. The molecule has 1 aliphatic heterocycles. The van der Waals surface area contributed by atoms with Crippen LogP contribution in [0, 0.1) is 5.92 Å². The Kier molecular flexibility index (Phi) is 6.02. The van der Waals surface area contributed by atoms with E-state index < -0.39 is 0 Å². The number of nitrogens with two attached hydrogens (primary N) is 1. The first-order valence-electron chi connectivity index (χ1n) is 7.04. The van der Waals surface area contributed by atoms with Crippen molar-refractivity contribution in [3.8, 4) is 0 Å². The lowest BCUT2D eigenvalue weighted by atomic mass is 10.1. The zero-order chi connectivity index (χ0) is 14.0. The molecule has 1 saturated heterocycles. The van der Waals surface area contributed by atoms with E-state index in [-0.39, 0.29) is 24.4 Å². The number of hydrogen-bond donors (Lipinski definition) is 1. The first-order valence-corrected chi connectivity index (χ1v) is 7.04. The van der Waals surface area contributed by atoms with Gasteiger partial charge in [0.05, 0.1) is 5.69 Å². The fourth-order valence-corrected chi connectivity index (χ4v) is 2.57. The molecule has 2 N–H and O–H groups in total. The molecule has 6 heteroatoms. The summed E-state index contributed by atoms with van der Waals surface area (Å²) in [4.78, 5) is 14.2. The largest absolute Gasteiger partial charge is 0.351 e. The summed E-state index contributed by atoms with van der Waals surface area (Å²) in [5.41, 5.74) is 6.54.